The van der Waals surface area contributed by atoms with Gasteiger partial charge < -0.3 is 19.7 Å². The van der Waals surface area contributed by atoms with Crippen molar-refractivity contribution >= 4 is 38.3 Å². The number of hydrogen-bond donors (Lipinski definition) is 1. The maximum atomic E-state index is 12.6. The van der Waals surface area contributed by atoms with Crippen molar-refractivity contribution in [2.24, 2.45) is 0 Å². The predicted octanol–water partition coefficient (Wildman–Crippen LogP) is 2.77. The summed E-state index contributed by atoms with van der Waals surface area (Å²) in [4.78, 5) is 32.3. The number of carbonyl (C=O) groups excluding carboxylic acids is 1. The van der Waals surface area contributed by atoms with E-state index in [1.165, 1.54) is 31.6 Å². The maximum Gasteiger partial charge on any atom is 0.270 e. The van der Waals surface area contributed by atoms with E-state index in [1.807, 2.05) is 0 Å². The fourth-order valence-corrected chi connectivity index (χ4v) is 4.85. The van der Waals surface area contributed by atoms with Crippen LogP contribution < -0.4 is 19.7 Å². The number of ether oxygens (including phenoxy) is 2. The highest BCUT2D eigenvalue weighted by molar-refractivity contribution is 7.22. The van der Waals surface area contributed by atoms with E-state index >= 15 is 0 Å². The SMILES string of the molecule is COc1cccc(C(=O)NCCN2CCN(c3nc4ccc([N+](=O)[O-])cc4s3)CC2)c1OC. The van der Waals surface area contributed by atoms with Crippen LogP contribution in [0, 0.1) is 10.1 Å². The Morgan fingerprint density at radius 2 is 1.97 bits per heavy atom. The number of nitrogens with zero attached hydrogens (tertiary/aromatic N) is 4. The number of hydrogen-bond acceptors (Lipinski definition) is 9. The van der Waals surface area contributed by atoms with Gasteiger partial charge in [0, 0.05) is 51.4 Å². The lowest BCUT2D eigenvalue weighted by atomic mass is 10.1. The van der Waals surface area contributed by atoms with Gasteiger partial charge in [-0.15, -0.1) is 0 Å². The molecule has 1 aliphatic rings. The number of methoxy groups -OCH3 is 2. The summed E-state index contributed by atoms with van der Waals surface area (Å²) in [5.41, 5.74) is 1.30. The van der Waals surface area contributed by atoms with Crippen molar-refractivity contribution in [3.8, 4) is 11.5 Å². The number of thiazole rings is 1. The molecule has 1 saturated heterocycles. The number of piperazine rings is 1. The summed E-state index contributed by atoms with van der Waals surface area (Å²) in [7, 11) is 3.05. The molecule has 33 heavy (non-hydrogen) atoms. The van der Waals surface area contributed by atoms with Crippen LogP contribution in [-0.4, -0.2) is 74.2 Å². The molecular weight excluding hydrogens is 446 g/mol. The standard InChI is InChI=1S/C22H25N5O5S/c1-31-18-5-3-4-16(20(18)32-2)21(28)23-8-9-25-10-12-26(13-11-25)22-24-17-7-6-15(27(29)30)14-19(17)33-22/h3-7,14H,8-13H2,1-2H3,(H,23,28). The van der Waals surface area contributed by atoms with E-state index in [-0.39, 0.29) is 16.5 Å². The molecule has 1 aromatic heterocycles. The minimum absolute atomic E-state index is 0.0798. The summed E-state index contributed by atoms with van der Waals surface area (Å²) >= 11 is 1.48. The molecule has 10 nitrogen and oxygen atoms in total. The Morgan fingerprint density at radius 3 is 2.67 bits per heavy atom. The molecule has 2 heterocycles. The van der Waals surface area contributed by atoms with Crippen molar-refractivity contribution < 1.29 is 19.2 Å². The predicted molar refractivity (Wildman–Crippen MR) is 127 cm³/mol. The molecule has 0 bridgehead atoms. The van der Waals surface area contributed by atoms with Gasteiger partial charge in [-0.05, 0) is 18.2 Å². The number of para-hydroxylation sites is 1. The highest BCUT2D eigenvalue weighted by Crippen LogP contribution is 2.32. The molecule has 1 aliphatic heterocycles. The molecule has 2 aromatic carbocycles. The lowest BCUT2D eigenvalue weighted by Gasteiger charge is -2.34. The molecule has 0 spiro atoms. The van der Waals surface area contributed by atoms with Crippen molar-refractivity contribution in [3.63, 3.8) is 0 Å². The summed E-state index contributed by atoms with van der Waals surface area (Å²) < 4.78 is 11.4. The van der Waals surface area contributed by atoms with E-state index < -0.39 is 0 Å². The summed E-state index contributed by atoms with van der Waals surface area (Å²) in [5, 5.41) is 14.8. The maximum absolute atomic E-state index is 12.6. The van der Waals surface area contributed by atoms with Gasteiger partial charge in [0.1, 0.15) is 0 Å². The lowest BCUT2D eigenvalue weighted by Crippen LogP contribution is -2.48. The number of amides is 1. The second-order valence-corrected chi connectivity index (χ2v) is 8.54. The van der Waals surface area contributed by atoms with Gasteiger partial charge in [0.25, 0.3) is 11.6 Å². The van der Waals surface area contributed by atoms with Crippen LogP contribution in [0.1, 0.15) is 10.4 Å². The Morgan fingerprint density at radius 1 is 1.18 bits per heavy atom. The second-order valence-electron chi connectivity index (χ2n) is 7.53. The molecule has 0 radical (unpaired) electrons. The third-order valence-corrected chi connectivity index (χ3v) is 6.65. The highest BCUT2D eigenvalue weighted by atomic mass is 32.1. The molecule has 1 fully saturated rings. The first kappa shape index (κ1) is 22.7. The van der Waals surface area contributed by atoms with E-state index in [4.69, 9.17) is 9.47 Å². The van der Waals surface area contributed by atoms with Gasteiger partial charge in [-0.25, -0.2) is 4.98 Å². The number of nitro benzene ring substituents is 1. The van der Waals surface area contributed by atoms with Crippen molar-refractivity contribution in [1.29, 1.82) is 0 Å². The van der Waals surface area contributed by atoms with Crippen molar-refractivity contribution in [2.45, 2.75) is 0 Å². The van der Waals surface area contributed by atoms with Gasteiger partial charge in [-0.2, -0.15) is 0 Å². The molecule has 0 atom stereocenters. The summed E-state index contributed by atoms with van der Waals surface area (Å²) in [6, 6.07) is 9.98. The first-order chi connectivity index (χ1) is 16.0. The van der Waals surface area contributed by atoms with Crippen LogP contribution in [0.15, 0.2) is 36.4 Å². The molecule has 0 saturated carbocycles. The molecular formula is C22H25N5O5S. The second kappa shape index (κ2) is 10.0. The average molecular weight is 472 g/mol. The van der Waals surface area contributed by atoms with Gasteiger partial charge >= 0.3 is 0 Å². The highest BCUT2D eigenvalue weighted by Gasteiger charge is 2.21. The third-order valence-electron chi connectivity index (χ3n) is 5.58. The molecule has 3 aromatic rings. The van der Waals surface area contributed by atoms with Crippen LogP contribution in [0.2, 0.25) is 0 Å². The number of anilines is 1. The van der Waals surface area contributed by atoms with Crippen LogP contribution in [-0.2, 0) is 0 Å². The number of nitro groups is 1. The number of rotatable bonds is 8. The summed E-state index contributed by atoms with van der Waals surface area (Å²) in [6.07, 6.45) is 0. The Bertz CT molecular complexity index is 1160. The zero-order valence-electron chi connectivity index (χ0n) is 18.4. The van der Waals surface area contributed by atoms with Crippen LogP contribution in [0.4, 0.5) is 10.8 Å². The van der Waals surface area contributed by atoms with Crippen LogP contribution in [0.25, 0.3) is 10.2 Å². The van der Waals surface area contributed by atoms with E-state index in [2.05, 4.69) is 20.1 Å². The van der Waals surface area contributed by atoms with Gasteiger partial charge in [0.05, 0.1) is 34.9 Å². The monoisotopic (exact) mass is 471 g/mol. The number of aromatic nitrogens is 1. The van der Waals surface area contributed by atoms with Crippen LogP contribution in [0.5, 0.6) is 11.5 Å². The fourth-order valence-electron chi connectivity index (χ4n) is 3.80. The first-order valence-electron chi connectivity index (χ1n) is 10.5. The number of benzene rings is 2. The number of nitrogens with one attached hydrogen (secondary N) is 1. The summed E-state index contributed by atoms with van der Waals surface area (Å²) in [6.45, 7) is 4.55. The minimum atomic E-state index is -0.388. The zero-order valence-corrected chi connectivity index (χ0v) is 19.3. The molecule has 1 N–H and O–H groups in total. The molecule has 0 aliphatic carbocycles. The third kappa shape index (κ3) is 4.99. The van der Waals surface area contributed by atoms with Gasteiger partial charge in [-0.1, -0.05) is 17.4 Å². The molecule has 4 rings (SSSR count). The molecule has 174 valence electrons. The zero-order chi connectivity index (χ0) is 23.4. The number of fused-ring (bicyclic) bond motifs is 1. The quantitative estimate of drug-likeness (QED) is 0.395. The minimum Gasteiger partial charge on any atom is -0.493 e. The Labute approximate surface area is 194 Å². The largest absolute Gasteiger partial charge is 0.493 e. The number of non-ortho nitro benzene ring substituents is 1. The summed E-state index contributed by atoms with van der Waals surface area (Å²) in [5.74, 6) is 0.742. The van der Waals surface area contributed by atoms with Crippen molar-refractivity contribution in [1.82, 2.24) is 15.2 Å². The first-order valence-corrected chi connectivity index (χ1v) is 11.3. The van der Waals surface area contributed by atoms with Gasteiger partial charge in [0.2, 0.25) is 0 Å². The van der Waals surface area contributed by atoms with Gasteiger partial charge in [-0.3, -0.25) is 19.8 Å². The Balaban J connectivity index is 1.28. The van der Waals surface area contributed by atoms with Crippen LogP contribution in [0.3, 0.4) is 0 Å². The normalized spacial score (nSPS) is 14.3. The Kier molecular flexibility index (Phi) is 6.90. The topological polar surface area (TPSA) is 110 Å². The smallest absolute Gasteiger partial charge is 0.270 e. The molecule has 0 unspecified atom stereocenters. The van der Waals surface area contributed by atoms with E-state index in [0.717, 1.165) is 48.1 Å². The fraction of sp³-hybridized carbons (Fsp3) is 0.364. The van der Waals surface area contributed by atoms with E-state index in [9.17, 15) is 14.9 Å². The number of carbonyl (C=O) groups is 1. The van der Waals surface area contributed by atoms with Crippen molar-refractivity contribution in [2.75, 3.05) is 58.4 Å². The van der Waals surface area contributed by atoms with Gasteiger partial charge in [0.15, 0.2) is 16.6 Å². The van der Waals surface area contributed by atoms with Crippen LogP contribution >= 0.6 is 11.3 Å². The van der Waals surface area contributed by atoms with E-state index in [1.54, 1.807) is 30.3 Å². The lowest BCUT2D eigenvalue weighted by molar-refractivity contribution is -0.384. The van der Waals surface area contributed by atoms with E-state index in [0.29, 0.717) is 23.6 Å². The molecule has 11 heteroatoms. The van der Waals surface area contributed by atoms with Crippen molar-refractivity contribution in [3.05, 3.63) is 52.1 Å². The molecule has 1 amide bonds. The average Bonchev–Trinajstić information content (AvgIpc) is 3.27. The Hall–Kier alpha value is -3.44.